The molecule has 0 aliphatic rings. The molecule has 4 heteroatoms. The van der Waals surface area contributed by atoms with Crippen LogP contribution in [0.5, 0.6) is 0 Å². The van der Waals surface area contributed by atoms with Gasteiger partial charge in [0.15, 0.2) is 0 Å². The van der Waals surface area contributed by atoms with Crippen LogP contribution in [0.1, 0.15) is 33.1 Å². The lowest BCUT2D eigenvalue weighted by Crippen LogP contribution is -2.35. The number of benzene rings is 1. The summed E-state index contributed by atoms with van der Waals surface area (Å²) in [6.07, 6.45) is 3.15. The minimum absolute atomic E-state index is 0.143. The van der Waals surface area contributed by atoms with Crippen LogP contribution < -0.4 is 10.6 Å². The summed E-state index contributed by atoms with van der Waals surface area (Å²) >= 11 is 0. The molecule has 0 radical (unpaired) electrons. The Labute approximate surface area is 108 Å². The van der Waals surface area contributed by atoms with Gasteiger partial charge in [-0.15, -0.1) is 0 Å². The van der Waals surface area contributed by atoms with Gasteiger partial charge in [-0.1, -0.05) is 26.3 Å². The van der Waals surface area contributed by atoms with E-state index >= 15 is 0 Å². The van der Waals surface area contributed by atoms with E-state index in [-0.39, 0.29) is 18.3 Å². The van der Waals surface area contributed by atoms with Crippen LogP contribution in [0, 0.1) is 5.82 Å². The zero-order chi connectivity index (χ0) is 13.4. The highest BCUT2D eigenvalue weighted by Crippen LogP contribution is 2.08. The second-order valence-corrected chi connectivity index (χ2v) is 4.33. The van der Waals surface area contributed by atoms with Crippen molar-refractivity contribution in [2.45, 2.75) is 39.2 Å². The molecular weight excluding hydrogens is 231 g/mol. The minimum Gasteiger partial charge on any atom is -0.325 e. The van der Waals surface area contributed by atoms with E-state index in [1.165, 1.54) is 12.1 Å². The molecule has 0 saturated heterocycles. The van der Waals surface area contributed by atoms with E-state index in [1.807, 2.05) is 0 Å². The van der Waals surface area contributed by atoms with Crippen molar-refractivity contribution in [1.82, 2.24) is 5.32 Å². The fourth-order valence-corrected chi connectivity index (χ4v) is 1.81. The molecule has 0 aliphatic heterocycles. The van der Waals surface area contributed by atoms with Gasteiger partial charge >= 0.3 is 0 Å². The number of amides is 1. The van der Waals surface area contributed by atoms with Gasteiger partial charge in [-0.05, 0) is 31.0 Å². The maximum Gasteiger partial charge on any atom is 0.238 e. The Kier molecular flexibility index (Phi) is 6.36. The maximum atomic E-state index is 12.9. The summed E-state index contributed by atoms with van der Waals surface area (Å²) < 4.78 is 12.9. The highest BCUT2D eigenvalue weighted by atomic mass is 19.1. The van der Waals surface area contributed by atoms with Crippen LogP contribution >= 0.6 is 0 Å². The van der Waals surface area contributed by atoms with Gasteiger partial charge in [-0.25, -0.2) is 4.39 Å². The normalized spacial score (nSPS) is 12.2. The molecule has 0 aliphatic carbocycles. The Hall–Kier alpha value is -1.42. The smallest absolute Gasteiger partial charge is 0.238 e. The molecule has 100 valence electrons. The molecule has 0 spiro atoms. The van der Waals surface area contributed by atoms with Gasteiger partial charge in [0.2, 0.25) is 5.91 Å². The lowest BCUT2D eigenvalue weighted by molar-refractivity contribution is -0.115. The highest BCUT2D eigenvalue weighted by molar-refractivity contribution is 5.92. The zero-order valence-corrected chi connectivity index (χ0v) is 11.0. The average Bonchev–Trinajstić information content (AvgIpc) is 2.34. The molecule has 2 N–H and O–H groups in total. The first kappa shape index (κ1) is 14.6. The van der Waals surface area contributed by atoms with Crippen molar-refractivity contribution in [2.75, 3.05) is 11.9 Å². The first-order chi connectivity index (χ1) is 8.65. The van der Waals surface area contributed by atoms with Gasteiger partial charge in [-0.2, -0.15) is 0 Å². The summed E-state index contributed by atoms with van der Waals surface area (Å²) in [6.45, 7) is 4.48. The molecule has 1 atom stereocenters. The largest absolute Gasteiger partial charge is 0.325 e. The standard InChI is InChI=1S/C14H21FN2O/c1-3-6-12(4-2)16-10-14(18)17-13-8-5-7-11(15)9-13/h5,7-9,12,16H,3-4,6,10H2,1-2H3,(H,17,18). The predicted molar refractivity (Wildman–Crippen MR) is 72.0 cm³/mol. The fourth-order valence-electron chi connectivity index (χ4n) is 1.81. The summed E-state index contributed by atoms with van der Waals surface area (Å²) in [6, 6.07) is 6.27. The number of nitrogens with one attached hydrogen (secondary N) is 2. The van der Waals surface area contributed by atoms with Crippen LogP contribution in [0.3, 0.4) is 0 Å². The van der Waals surface area contributed by atoms with Gasteiger partial charge < -0.3 is 10.6 Å². The molecule has 1 aromatic rings. The Morgan fingerprint density at radius 1 is 1.39 bits per heavy atom. The second-order valence-electron chi connectivity index (χ2n) is 4.33. The van der Waals surface area contributed by atoms with Crippen LogP contribution in [-0.2, 0) is 4.79 Å². The lowest BCUT2D eigenvalue weighted by atomic mass is 10.1. The first-order valence-corrected chi connectivity index (χ1v) is 6.44. The molecule has 0 aromatic heterocycles. The maximum absolute atomic E-state index is 12.9. The number of anilines is 1. The Morgan fingerprint density at radius 2 is 2.17 bits per heavy atom. The third kappa shape index (κ3) is 5.27. The lowest BCUT2D eigenvalue weighted by Gasteiger charge is -2.15. The number of rotatable bonds is 7. The summed E-state index contributed by atoms with van der Waals surface area (Å²) in [5.41, 5.74) is 0.491. The summed E-state index contributed by atoms with van der Waals surface area (Å²) in [5.74, 6) is -0.492. The van der Waals surface area contributed by atoms with E-state index in [0.29, 0.717) is 11.7 Å². The van der Waals surface area contributed by atoms with Crippen molar-refractivity contribution < 1.29 is 9.18 Å². The molecular formula is C14H21FN2O. The molecule has 3 nitrogen and oxygen atoms in total. The van der Waals surface area contributed by atoms with Gasteiger partial charge in [0.25, 0.3) is 0 Å². The Balaban J connectivity index is 2.37. The van der Waals surface area contributed by atoms with Gasteiger partial charge in [0.05, 0.1) is 6.54 Å². The van der Waals surface area contributed by atoms with Crippen molar-refractivity contribution >= 4 is 11.6 Å². The number of hydrogen-bond donors (Lipinski definition) is 2. The van der Waals surface area contributed by atoms with Crippen LogP contribution in [0.15, 0.2) is 24.3 Å². The predicted octanol–water partition coefficient (Wildman–Crippen LogP) is 2.93. The van der Waals surface area contributed by atoms with E-state index in [4.69, 9.17) is 0 Å². The van der Waals surface area contributed by atoms with E-state index in [0.717, 1.165) is 19.3 Å². The molecule has 0 fully saturated rings. The van der Waals surface area contributed by atoms with Crippen molar-refractivity contribution in [3.05, 3.63) is 30.1 Å². The molecule has 1 aromatic carbocycles. The van der Waals surface area contributed by atoms with E-state index in [2.05, 4.69) is 24.5 Å². The average molecular weight is 252 g/mol. The van der Waals surface area contributed by atoms with Crippen LogP contribution in [0.4, 0.5) is 10.1 Å². The number of hydrogen-bond acceptors (Lipinski definition) is 2. The van der Waals surface area contributed by atoms with Crippen molar-refractivity contribution in [3.63, 3.8) is 0 Å². The van der Waals surface area contributed by atoms with Gasteiger partial charge in [0, 0.05) is 11.7 Å². The van der Waals surface area contributed by atoms with Gasteiger partial charge in [0.1, 0.15) is 5.82 Å². The number of halogens is 1. The monoisotopic (exact) mass is 252 g/mol. The highest BCUT2D eigenvalue weighted by Gasteiger charge is 2.07. The molecule has 0 heterocycles. The summed E-state index contributed by atoms with van der Waals surface area (Å²) in [5, 5.41) is 5.86. The SMILES string of the molecule is CCCC(CC)NCC(=O)Nc1cccc(F)c1. The van der Waals surface area contributed by atoms with Crippen molar-refractivity contribution in [1.29, 1.82) is 0 Å². The van der Waals surface area contributed by atoms with Gasteiger partial charge in [-0.3, -0.25) is 4.79 Å². The molecule has 1 unspecified atom stereocenters. The molecule has 18 heavy (non-hydrogen) atoms. The minimum atomic E-state index is -0.349. The first-order valence-electron chi connectivity index (χ1n) is 6.44. The number of carbonyl (C=O) groups is 1. The summed E-state index contributed by atoms with van der Waals surface area (Å²) in [4.78, 5) is 11.7. The van der Waals surface area contributed by atoms with E-state index in [1.54, 1.807) is 12.1 Å². The fraction of sp³-hybridized carbons (Fsp3) is 0.500. The quantitative estimate of drug-likeness (QED) is 0.783. The van der Waals surface area contributed by atoms with Crippen molar-refractivity contribution in [3.8, 4) is 0 Å². The van der Waals surface area contributed by atoms with Crippen LogP contribution in [0.2, 0.25) is 0 Å². The second kappa shape index (κ2) is 7.82. The summed E-state index contributed by atoms with van der Waals surface area (Å²) in [7, 11) is 0. The molecule has 1 rings (SSSR count). The number of carbonyl (C=O) groups excluding carboxylic acids is 1. The van der Waals surface area contributed by atoms with E-state index in [9.17, 15) is 9.18 Å². The van der Waals surface area contributed by atoms with E-state index < -0.39 is 0 Å². The zero-order valence-electron chi connectivity index (χ0n) is 11.0. The Morgan fingerprint density at radius 3 is 2.78 bits per heavy atom. The molecule has 0 bridgehead atoms. The third-order valence-corrected chi connectivity index (χ3v) is 2.79. The topological polar surface area (TPSA) is 41.1 Å². The molecule has 1 amide bonds. The van der Waals surface area contributed by atoms with Crippen LogP contribution in [0.25, 0.3) is 0 Å². The van der Waals surface area contributed by atoms with Crippen molar-refractivity contribution in [2.24, 2.45) is 0 Å². The molecule has 0 saturated carbocycles. The third-order valence-electron chi connectivity index (χ3n) is 2.79. The Bertz CT molecular complexity index is 382. The van der Waals surface area contributed by atoms with Crippen LogP contribution in [-0.4, -0.2) is 18.5 Å².